The summed E-state index contributed by atoms with van der Waals surface area (Å²) >= 11 is 6.78. The Labute approximate surface area is 255 Å². The first-order chi connectivity index (χ1) is 20.5. The van der Waals surface area contributed by atoms with E-state index in [2.05, 4.69) is 58.9 Å². The van der Waals surface area contributed by atoms with Gasteiger partial charge in [0, 0.05) is 57.5 Å². The van der Waals surface area contributed by atoms with Crippen LogP contribution in [0.25, 0.3) is 38.8 Å². The van der Waals surface area contributed by atoms with Gasteiger partial charge in [-0.05, 0) is 70.9 Å². The van der Waals surface area contributed by atoms with Crippen LogP contribution in [0, 0.1) is 6.92 Å². The largest absolute Gasteiger partial charge is 0.425 e. The quantitative estimate of drug-likeness (QED) is 0.135. The van der Waals surface area contributed by atoms with Crippen LogP contribution in [0.2, 0.25) is 30.7 Å². The lowest BCUT2D eigenvalue weighted by Gasteiger charge is -2.14. The van der Waals surface area contributed by atoms with Gasteiger partial charge in [-0.1, -0.05) is 43.4 Å². The molecule has 3 heterocycles. The first-order valence-electron chi connectivity index (χ1n) is 14.1. The summed E-state index contributed by atoms with van der Waals surface area (Å²) in [5.41, 5.74) is 5.69. The Morgan fingerprint density at radius 3 is 2.56 bits per heavy atom. The fraction of sp³-hybridized carbons (Fsp3) is 0.290. The van der Waals surface area contributed by atoms with Gasteiger partial charge in [0.2, 0.25) is 0 Å². The van der Waals surface area contributed by atoms with Crippen LogP contribution < -0.4 is 10.4 Å². The van der Waals surface area contributed by atoms with Gasteiger partial charge in [-0.15, -0.1) is 0 Å². The topological polar surface area (TPSA) is 93.9 Å². The molecule has 0 N–H and O–H groups in total. The highest BCUT2D eigenvalue weighted by Gasteiger charge is 2.17. The molecule has 0 saturated heterocycles. The van der Waals surface area contributed by atoms with E-state index >= 15 is 0 Å². The van der Waals surface area contributed by atoms with Crippen molar-refractivity contribution in [3.8, 4) is 28.6 Å². The van der Waals surface area contributed by atoms with Crippen molar-refractivity contribution in [3.63, 3.8) is 0 Å². The minimum atomic E-state index is -1.23. The molecule has 43 heavy (non-hydrogen) atoms. The van der Waals surface area contributed by atoms with Crippen molar-refractivity contribution in [2.45, 2.75) is 39.3 Å². The summed E-state index contributed by atoms with van der Waals surface area (Å²) < 4.78 is 18.4. The highest BCUT2D eigenvalue weighted by molar-refractivity contribution is 6.76. The lowest BCUT2D eigenvalue weighted by Crippen LogP contribution is -2.27. The Morgan fingerprint density at radius 2 is 1.77 bits per heavy atom. The fourth-order valence-electron chi connectivity index (χ4n) is 4.97. The van der Waals surface area contributed by atoms with E-state index in [9.17, 15) is 4.79 Å². The standard InChI is InChI=1S/C31H34ClN7O3Si/c1-20-7-9-23(16-28(20)39-31(40)38(34-35-39)19-41-13-14-43(4,5)6)42-30-33-26-17-24(25(32)18-29(26)37(30)3)21-8-10-27-22(15-21)11-12-36(27)2/h7-12,15-18H,13-14,19H2,1-6H3. The van der Waals surface area contributed by atoms with E-state index in [0.717, 1.165) is 44.7 Å². The van der Waals surface area contributed by atoms with Crippen LogP contribution >= 0.6 is 11.6 Å². The molecule has 0 saturated carbocycles. The number of aryl methyl sites for hydroxylation is 3. The third-order valence-electron chi connectivity index (χ3n) is 7.59. The summed E-state index contributed by atoms with van der Waals surface area (Å²) in [6.45, 7) is 9.39. The Balaban J connectivity index is 1.26. The molecule has 0 bridgehead atoms. The number of aromatic nitrogens is 7. The lowest BCUT2D eigenvalue weighted by atomic mass is 10.0. The molecular formula is C31H34ClN7O3Si. The number of rotatable bonds is 9. The molecule has 0 atom stereocenters. The second-order valence-electron chi connectivity index (χ2n) is 12.0. The molecule has 10 nitrogen and oxygen atoms in total. The predicted octanol–water partition coefficient (Wildman–Crippen LogP) is 6.54. The molecule has 6 rings (SSSR count). The number of nitrogens with zero attached hydrogens (tertiary/aromatic N) is 7. The first kappa shape index (κ1) is 28.9. The van der Waals surface area contributed by atoms with E-state index in [4.69, 9.17) is 26.1 Å². The number of halogens is 1. The molecule has 222 valence electrons. The van der Waals surface area contributed by atoms with Crippen molar-refractivity contribution < 1.29 is 9.47 Å². The van der Waals surface area contributed by atoms with Crippen LogP contribution in [-0.2, 0) is 25.6 Å². The Morgan fingerprint density at radius 1 is 0.953 bits per heavy atom. The van der Waals surface area contributed by atoms with Crippen molar-refractivity contribution in [1.82, 2.24) is 33.9 Å². The SMILES string of the molecule is Cc1ccc(Oc2nc3cc(-c4ccc5c(ccn5C)c4)c(Cl)cc3n2C)cc1-n1nnn(COCC[Si](C)(C)C)c1=O. The molecule has 0 aliphatic rings. The minimum absolute atomic E-state index is 0.0577. The summed E-state index contributed by atoms with van der Waals surface area (Å²) in [4.78, 5) is 17.8. The van der Waals surface area contributed by atoms with E-state index in [-0.39, 0.29) is 12.4 Å². The minimum Gasteiger partial charge on any atom is -0.425 e. The number of benzene rings is 3. The molecular weight excluding hydrogens is 582 g/mol. The van der Waals surface area contributed by atoms with Crippen LogP contribution in [0.3, 0.4) is 0 Å². The van der Waals surface area contributed by atoms with Crippen molar-refractivity contribution in [3.05, 3.63) is 81.9 Å². The fourth-order valence-corrected chi connectivity index (χ4v) is 6.00. The van der Waals surface area contributed by atoms with Crippen LogP contribution in [0.15, 0.2) is 65.6 Å². The Hall–Kier alpha value is -4.19. The third kappa shape index (κ3) is 5.75. The predicted molar refractivity (Wildman–Crippen MR) is 172 cm³/mol. The zero-order chi connectivity index (χ0) is 30.5. The molecule has 0 aliphatic heterocycles. The van der Waals surface area contributed by atoms with Crippen molar-refractivity contribution in [2.24, 2.45) is 14.1 Å². The Kier molecular flexibility index (Phi) is 7.49. The smallest absolute Gasteiger partial charge is 0.370 e. The van der Waals surface area contributed by atoms with Gasteiger partial charge < -0.3 is 14.0 Å². The highest BCUT2D eigenvalue weighted by atomic mass is 35.5. The van der Waals surface area contributed by atoms with Gasteiger partial charge in [-0.2, -0.15) is 14.3 Å². The maximum Gasteiger partial charge on any atom is 0.370 e. The van der Waals surface area contributed by atoms with E-state index in [1.165, 1.54) is 9.36 Å². The van der Waals surface area contributed by atoms with Crippen molar-refractivity contribution >= 4 is 41.6 Å². The normalized spacial score (nSPS) is 12.1. The number of hydrogen-bond donors (Lipinski definition) is 0. The van der Waals surface area contributed by atoms with Crippen LogP contribution in [0.5, 0.6) is 11.8 Å². The van der Waals surface area contributed by atoms with Gasteiger partial charge in [-0.25, -0.2) is 4.79 Å². The monoisotopic (exact) mass is 615 g/mol. The van der Waals surface area contributed by atoms with Gasteiger partial charge in [-0.3, -0.25) is 4.57 Å². The molecule has 0 aliphatic carbocycles. The lowest BCUT2D eigenvalue weighted by molar-refractivity contribution is 0.0748. The van der Waals surface area contributed by atoms with Gasteiger partial charge in [0.05, 0.1) is 21.7 Å². The first-order valence-corrected chi connectivity index (χ1v) is 18.2. The third-order valence-corrected chi connectivity index (χ3v) is 9.61. The second kappa shape index (κ2) is 11.1. The van der Waals surface area contributed by atoms with Gasteiger partial charge in [0.25, 0.3) is 0 Å². The number of imidazole rings is 1. The average molecular weight is 616 g/mol. The van der Waals surface area contributed by atoms with Crippen LogP contribution in [0.4, 0.5) is 0 Å². The number of hydrogen-bond acceptors (Lipinski definition) is 6. The van der Waals surface area contributed by atoms with Crippen LogP contribution in [0.1, 0.15) is 5.56 Å². The summed E-state index contributed by atoms with van der Waals surface area (Å²) in [7, 11) is 2.68. The van der Waals surface area contributed by atoms with Gasteiger partial charge in [0.15, 0.2) is 0 Å². The zero-order valence-corrected chi connectivity index (χ0v) is 26.9. The second-order valence-corrected chi connectivity index (χ2v) is 18.1. The molecule has 3 aromatic carbocycles. The Bertz CT molecular complexity index is 2030. The number of ether oxygens (including phenoxy) is 2. The summed E-state index contributed by atoms with van der Waals surface area (Å²) in [6.07, 6.45) is 2.04. The molecule has 0 spiro atoms. The maximum absolute atomic E-state index is 13.1. The van der Waals surface area contributed by atoms with E-state index in [1.54, 1.807) is 6.07 Å². The van der Waals surface area contributed by atoms with Gasteiger partial charge >= 0.3 is 11.7 Å². The molecule has 3 aromatic heterocycles. The summed E-state index contributed by atoms with van der Waals surface area (Å²) in [5, 5.41) is 9.88. The van der Waals surface area contributed by atoms with E-state index in [1.807, 2.05) is 56.0 Å². The summed E-state index contributed by atoms with van der Waals surface area (Å²) in [5.74, 6) is 0.507. The average Bonchev–Trinajstić information content (AvgIpc) is 3.61. The molecule has 0 fully saturated rings. The van der Waals surface area contributed by atoms with Crippen molar-refractivity contribution in [2.75, 3.05) is 6.61 Å². The molecule has 0 unspecified atom stereocenters. The molecule has 12 heteroatoms. The molecule has 0 radical (unpaired) electrons. The van der Waals surface area contributed by atoms with E-state index < -0.39 is 8.07 Å². The van der Waals surface area contributed by atoms with Gasteiger partial charge in [0.1, 0.15) is 12.5 Å². The molecule has 0 amide bonds. The van der Waals surface area contributed by atoms with Crippen LogP contribution in [-0.4, -0.2) is 48.6 Å². The highest BCUT2D eigenvalue weighted by Crippen LogP contribution is 2.36. The zero-order valence-electron chi connectivity index (χ0n) is 25.1. The van der Waals surface area contributed by atoms with Crippen molar-refractivity contribution in [1.29, 1.82) is 0 Å². The maximum atomic E-state index is 13.1. The summed E-state index contributed by atoms with van der Waals surface area (Å²) in [6, 6.07) is 19.1. The molecule has 6 aromatic rings. The number of tetrazole rings is 1. The number of fused-ring (bicyclic) bond motifs is 2. The van der Waals surface area contributed by atoms with E-state index in [0.29, 0.717) is 29.1 Å².